The van der Waals surface area contributed by atoms with Gasteiger partial charge in [0.2, 0.25) is 0 Å². The van der Waals surface area contributed by atoms with Crippen molar-refractivity contribution in [2.24, 2.45) is 4.99 Å². The molecule has 0 fully saturated rings. The predicted octanol–water partition coefficient (Wildman–Crippen LogP) is 4.86. The highest BCUT2D eigenvalue weighted by Gasteiger charge is 2.35. The van der Waals surface area contributed by atoms with Gasteiger partial charge in [-0.3, -0.25) is 9.36 Å². The standard InChI is InChI=1S/C29H22I2N2O5S/c1-3-38-28(36)23-24(16-8-5-4-6-9-16)32-29-33(25(23)17-10-7-11-20(13-17)37-2)27(35)22(39-29)14-18-12-19(30)15-21(31)26(18)34/h4-15,25,34H,3H2,1-2H3/b22-14-/t25-/m1/s1. The number of thiazole rings is 1. The number of carbonyl (C=O) groups is 1. The summed E-state index contributed by atoms with van der Waals surface area (Å²) in [5.74, 6) is 0.143. The van der Waals surface area contributed by atoms with Gasteiger partial charge in [-0.05, 0) is 88.0 Å². The summed E-state index contributed by atoms with van der Waals surface area (Å²) in [7, 11) is 1.57. The maximum Gasteiger partial charge on any atom is 0.338 e. The minimum atomic E-state index is -0.808. The third-order valence-corrected chi connectivity index (χ3v) is 8.56. The number of ether oxygens (including phenoxy) is 2. The molecule has 1 N–H and O–H groups in total. The van der Waals surface area contributed by atoms with Crippen LogP contribution in [0.15, 0.2) is 82.1 Å². The second-order valence-electron chi connectivity index (χ2n) is 8.53. The molecule has 1 aliphatic rings. The number of fused-ring (bicyclic) bond motifs is 1. The highest BCUT2D eigenvalue weighted by molar-refractivity contribution is 14.1. The zero-order chi connectivity index (χ0) is 27.7. The minimum Gasteiger partial charge on any atom is -0.506 e. The predicted molar refractivity (Wildman–Crippen MR) is 168 cm³/mol. The third-order valence-electron chi connectivity index (χ3n) is 6.13. The van der Waals surface area contributed by atoms with Gasteiger partial charge in [-0.1, -0.05) is 53.8 Å². The number of carbonyl (C=O) groups excluding carboxylic acids is 1. The zero-order valence-corrected chi connectivity index (χ0v) is 26.0. The lowest BCUT2D eigenvalue weighted by molar-refractivity contribution is -0.138. The first kappa shape index (κ1) is 27.6. The third kappa shape index (κ3) is 5.41. The number of hydrogen-bond donors (Lipinski definition) is 1. The van der Waals surface area contributed by atoms with Crippen LogP contribution in [0.25, 0.3) is 11.8 Å². The van der Waals surface area contributed by atoms with Gasteiger partial charge in [0.15, 0.2) is 4.80 Å². The fraction of sp³-hybridized carbons (Fsp3) is 0.138. The van der Waals surface area contributed by atoms with Crippen molar-refractivity contribution in [3.05, 3.63) is 116 Å². The van der Waals surface area contributed by atoms with E-state index < -0.39 is 12.0 Å². The molecule has 0 radical (unpaired) electrons. The van der Waals surface area contributed by atoms with Crippen LogP contribution in [-0.2, 0) is 9.53 Å². The molecule has 10 heteroatoms. The fourth-order valence-electron chi connectivity index (χ4n) is 4.40. The normalized spacial score (nSPS) is 15.1. The van der Waals surface area contributed by atoms with Crippen LogP contribution < -0.4 is 19.6 Å². The Morgan fingerprint density at radius 3 is 2.62 bits per heavy atom. The molecule has 0 amide bonds. The van der Waals surface area contributed by atoms with E-state index in [4.69, 9.17) is 14.5 Å². The maximum atomic E-state index is 14.0. The molecule has 7 nitrogen and oxygen atoms in total. The summed E-state index contributed by atoms with van der Waals surface area (Å²) in [5, 5.41) is 10.7. The second-order valence-corrected chi connectivity index (χ2v) is 12.0. The number of aromatic nitrogens is 1. The quantitative estimate of drug-likeness (QED) is 0.224. The average Bonchev–Trinajstić information content (AvgIpc) is 3.25. The summed E-state index contributed by atoms with van der Waals surface area (Å²) in [6.45, 7) is 1.91. The Morgan fingerprint density at radius 1 is 1.13 bits per heavy atom. The summed E-state index contributed by atoms with van der Waals surface area (Å²) in [4.78, 5) is 32.8. The van der Waals surface area contributed by atoms with E-state index in [1.165, 1.54) is 15.9 Å². The van der Waals surface area contributed by atoms with Crippen LogP contribution >= 0.6 is 56.5 Å². The number of aromatic hydroxyl groups is 1. The minimum absolute atomic E-state index is 0.100. The molecule has 0 bridgehead atoms. The molecule has 4 aromatic rings. The number of phenolic OH excluding ortho intramolecular Hbond substituents is 1. The number of methoxy groups -OCH3 is 1. The number of hydrogen-bond acceptors (Lipinski definition) is 7. The fourth-order valence-corrected chi connectivity index (χ4v) is 7.29. The van der Waals surface area contributed by atoms with Gasteiger partial charge in [0.05, 0.1) is 39.1 Å². The van der Waals surface area contributed by atoms with Crippen molar-refractivity contribution in [1.29, 1.82) is 0 Å². The summed E-state index contributed by atoms with van der Waals surface area (Å²) in [6, 6.07) is 19.5. The molecule has 0 saturated carbocycles. The number of nitrogens with zero attached hydrogens (tertiary/aromatic N) is 2. The van der Waals surface area contributed by atoms with Gasteiger partial charge in [0, 0.05) is 14.7 Å². The van der Waals surface area contributed by atoms with E-state index in [0.717, 1.165) is 9.13 Å². The summed E-state index contributed by atoms with van der Waals surface area (Å²) in [6.07, 6.45) is 1.67. The number of esters is 1. The van der Waals surface area contributed by atoms with Crippen LogP contribution in [0.1, 0.15) is 29.7 Å². The first-order valence-electron chi connectivity index (χ1n) is 11.9. The number of benzene rings is 3. The molecular formula is C29H22I2N2O5S. The van der Waals surface area contributed by atoms with E-state index in [9.17, 15) is 14.7 Å². The van der Waals surface area contributed by atoms with Gasteiger partial charge in [0.1, 0.15) is 11.5 Å². The molecular weight excluding hydrogens is 742 g/mol. The van der Waals surface area contributed by atoms with Gasteiger partial charge >= 0.3 is 5.97 Å². The van der Waals surface area contributed by atoms with Crippen LogP contribution in [0.3, 0.4) is 0 Å². The molecule has 198 valence electrons. The summed E-state index contributed by atoms with van der Waals surface area (Å²) >= 11 is 5.45. The van der Waals surface area contributed by atoms with Crippen LogP contribution in [0.2, 0.25) is 0 Å². The van der Waals surface area contributed by atoms with E-state index >= 15 is 0 Å². The van der Waals surface area contributed by atoms with E-state index in [2.05, 4.69) is 45.2 Å². The Bertz CT molecular complexity index is 1790. The van der Waals surface area contributed by atoms with Crippen molar-refractivity contribution in [2.75, 3.05) is 13.7 Å². The van der Waals surface area contributed by atoms with Gasteiger partial charge in [-0.25, -0.2) is 9.79 Å². The Kier molecular flexibility index (Phi) is 8.24. The van der Waals surface area contributed by atoms with Crippen LogP contribution in [0.5, 0.6) is 11.5 Å². The molecule has 0 unspecified atom stereocenters. The Balaban J connectivity index is 1.86. The first-order chi connectivity index (χ1) is 18.8. The van der Waals surface area contributed by atoms with Gasteiger partial charge in [-0.2, -0.15) is 0 Å². The smallest absolute Gasteiger partial charge is 0.338 e. The molecule has 2 heterocycles. The van der Waals surface area contributed by atoms with Crippen molar-refractivity contribution in [2.45, 2.75) is 13.0 Å². The van der Waals surface area contributed by atoms with Crippen molar-refractivity contribution in [3.8, 4) is 11.5 Å². The van der Waals surface area contributed by atoms with E-state index in [1.807, 2.05) is 60.7 Å². The lowest BCUT2D eigenvalue weighted by Gasteiger charge is -2.26. The Hall–Kier alpha value is -2.97. The highest BCUT2D eigenvalue weighted by atomic mass is 127. The Morgan fingerprint density at radius 2 is 1.90 bits per heavy atom. The topological polar surface area (TPSA) is 90.1 Å². The molecule has 1 aromatic heterocycles. The molecule has 39 heavy (non-hydrogen) atoms. The average molecular weight is 764 g/mol. The SMILES string of the molecule is CCOC(=O)C1=C(c2ccccc2)N=c2s/c(=C\c3cc(I)cc(I)c3O)c(=O)n2[C@@H]1c1cccc(OC)c1. The molecule has 1 atom stereocenters. The van der Waals surface area contributed by atoms with Gasteiger partial charge in [-0.15, -0.1) is 0 Å². The van der Waals surface area contributed by atoms with Crippen molar-refractivity contribution < 1.29 is 19.4 Å². The van der Waals surface area contributed by atoms with Crippen LogP contribution in [0.4, 0.5) is 0 Å². The largest absolute Gasteiger partial charge is 0.506 e. The Labute approximate surface area is 255 Å². The molecule has 0 spiro atoms. The second kappa shape index (κ2) is 11.6. The lowest BCUT2D eigenvalue weighted by atomic mass is 9.93. The summed E-state index contributed by atoms with van der Waals surface area (Å²) in [5.41, 5.74) is 2.33. The highest BCUT2D eigenvalue weighted by Crippen LogP contribution is 2.36. The first-order valence-corrected chi connectivity index (χ1v) is 14.9. The van der Waals surface area contributed by atoms with Crippen LogP contribution in [-0.4, -0.2) is 29.4 Å². The lowest BCUT2D eigenvalue weighted by Crippen LogP contribution is -2.40. The molecule has 1 aliphatic heterocycles. The molecule has 0 saturated heterocycles. The van der Waals surface area contributed by atoms with E-state index in [1.54, 1.807) is 26.2 Å². The number of rotatable bonds is 6. The van der Waals surface area contributed by atoms with Crippen molar-refractivity contribution in [1.82, 2.24) is 4.57 Å². The maximum absolute atomic E-state index is 14.0. The number of halogens is 2. The monoisotopic (exact) mass is 764 g/mol. The van der Waals surface area contributed by atoms with Crippen LogP contribution in [0, 0.1) is 7.14 Å². The molecule has 3 aromatic carbocycles. The number of phenols is 1. The van der Waals surface area contributed by atoms with E-state index in [0.29, 0.717) is 35.5 Å². The van der Waals surface area contributed by atoms with Gasteiger partial charge in [0.25, 0.3) is 5.56 Å². The molecule has 0 aliphatic carbocycles. The zero-order valence-electron chi connectivity index (χ0n) is 20.9. The van der Waals surface area contributed by atoms with E-state index in [-0.39, 0.29) is 23.5 Å². The molecule has 5 rings (SSSR count). The van der Waals surface area contributed by atoms with Crippen molar-refractivity contribution >= 4 is 74.3 Å². The summed E-state index contributed by atoms with van der Waals surface area (Å²) < 4.78 is 14.5. The van der Waals surface area contributed by atoms with Crippen molar-refractivity contribution in [3.63, 3.8) is 0 Å². The van der Waals surface area contributed by atoms with Gasteiger partial charge < -0.3 is 14.6 Å².